The summed E-state index contributed by atoms with van der Waals surface area (Å²) in [6, 6.07) is 20.1. The minimum absolute atomic E-state index is 0.0327. The molecule has 2 fully saturated rings. The van der Waals surface area contributed by atoms with Gasteiger partial charge in [-0.3, -0.25) is 24.6 Å². The summed E-state index contributed by atoms with van der Waals surface area (Å²) in [6.45, 7) is 2.79. The standard InChI is InChI=1S/C38H38N8O2S/c1-49-38(37(48)42-30-9-10-32-31(22-30)35(44-43-32)29-11-17-39-33(21-29)27-5-6-27)14-20-45(24-38)23-34(47)46-18-12-26(13-19-46)25-3-7-28(8-4-25)36-40-15-2-16-41-36/h2-4,7-12,15-17,21-22,27H,5-6,13-14,18-20,23-24H2,1H3,(H,42,48)(H,43,44)/t38-/m0/s1. The van der Waals surface area contributed by atoms with E-state index in [1.165, 1.54) is 18.4 Å². The van der Waals surface area contributed by atoms with E-state index in [-0.39, 0.29) is 11.8 Å². The Labute approximate surface area is 289 Å². The van der Waals surface area contributed by atoms with Crippen molar-refractivity contribution in [1.29, 1.82) is 0 Å². The molecule has 2 aliphatic heterocycles. The number of thioether (sulfide) groups is 1. The van der Waals surface area contributed by atoms with Gasteiger partial charge in [0.05, 0.1) is 12.1 Å². The third kappa shape index (κ3) is 6.48. The minimum Gasteiger partial charge on any atom is -0.338 e. The molecule has 3 aliphatic rings. The average Bonchev–Trinajstić information content (AvgIpc) is 3.79. The van der Waals surface area contributed by atoms with Gasteiger partial charge in [0.2, 0.25) is 11.8 Å². The molecule has 1 atom stereocenters. The SMILES string of the molecule is CS[C@@]1(C(=O)Nc2ccc3[nH]nc(-c4ccnc(C5CC5)c4)c3c2)CCN(CC(=O)N2CC=C(c3ccc(-c4ncccn4)cc3)CC2)C1. The highest BCUT2D eigenvalue weighted by Crippen LogP contribution is 2.41. The van der Waals surface area contributed by atoms with Gasteiger partial charge in [0.1, 0.15) is 10.4 Å². The number of nitrogens with zero attached hydrogens (tertiary/aromatic N) is 6. The van der Waals surface area contributed by atoms with E-state index in [9.17, 15) is 9.59 Å². The molecule has 0 radical (unpaired) electrons. The number of carbonyl (C=O) groups excluding carboxylic acids is 2. The van der Waals surface area contributed by atoms with Gasteiger partial charge in [0.15, 0.2) is 5.82 Å². The zero-order chi connectivity index (χ0) is 33.4. The molecule has 0 bridgehead atoms. The van der Waals surface area contributed by atoms with Crippen LogP contribution in [0, 0.1) is 0 Å². The Morgan fingerprint density at radius 2 is 1.78 bits per heavy atom. The molecule has 1 aliphatic carbocycles. The molecule has 0 unspecified atom stereocenters. The van der Waals surface area contributed by atoms with Gasteiger partial charge >= 0.3 is 0 Å². The van der Waals surface area contributed by atoms with Crippen LogP contribution in [0.4, 0.5) is 5.69 Å². The van der Waals surface area contributed by atoms with Gasteiger partial charge in [-0.25, -0.2) is 9.97 Å². The van der Waals surface area contributed by atoms with Crippen LogP contribution in [0.3, 0.4) is 0 Å². The zero-order valence-electron chi connectivity index (χ0n) is 27.4. The molecular weight excluding hydrogens is 633 g/mol. The van der Waals surface area contributed by atoms with Crippen LogP contribution in [-0.4, -0.2) is 90.5 Å². The van der Waals surface area contributed by atoms with Crippen molar-refractivity contribution in [3.05, 3.63) is 96.6 Å². The van der Waals surface area contributed by atoms with Crippen LogP contribution < -0.4 is 5.32 Å². The van der Waals surface area contributed by atoms with E-state index in [4.69, 9.17) is 0 Å². The molecule has 49 heavy (non-hydrogen) atoms. The highest BCUT2D eigenvalue weighted by Gasteiger charge is 2.44. The molecule has 8 rings (SSSR count). The molecular formula is C38H38N8O2S. The number of hydrogen-bond donors (Lipinski definition) is 2. The lowest BCUT2D eigenvalue weighted by Crippen LogP contribution is -2.45. The number of likely N-dealkylation sites (tertiary alicyclic amines) is 1. The van der Waals surface area contributed by atoms with E-state index in [1.807, 2.05) is 59.8 Å². The molecule has 11 heteroatoms. The quantitative estimate of drug-likeness (QED) is 0.195. The number of aromatic amines is 1. The molecule has 5 heterocycles. The van der Waals surface area contributed by atoms with Crippen molar-refractivity contribution in [2.45, 2.75) is 36.3 Å². The van der Waals surface area contributed by atoms with Crippen LogP contribution in [0.5, 0.6) is 0 Å². The first-order valence-electron chi connectivity index (χ1n) is 16.9. The van der Waals surface area contributed by atoms with Crippen molar-refractivity contribution >= 4 is 45.7 Å². The summed E-state index contributed by atoms with van der Waals surface area (Å²) in [7, 11) is 0. The van der Waals surface area contributed by atoms with Crippen LogP contribution in [0.1, 0.15) is 42.9 Å². The Balaban J connectivity index is 0.886. The molecule has 248 valence electrons. The van der Waals surface area contributed by atoms with Crippen molar-refractivity contribution in [1.82, 2.24) is 34.9 Å². The number of pyridine rings is 1. The van der Waals surface area contributed by atoms with Crippen LogP contribution in [0.25, 0.3) is 39.1 Å². The van der Waals surface area contributed by atoms with E-state index in [1.54, 1.807) is 24.2 Å². The first-order chi connectivity index (χ1) is 24.0. The third-order valence-corrected chi connectivity index (χ3v) is 11.3. The highest BCUT2D eigenvalue weighted by atomic mass is 32.2. The minimum atomic E-state index is -0.634. The summed E-state index contributed by atoms with van der Waals surface area (Å²) in [5.41, 5.74) is 8.03. The number of amides is 2. The van der Waals surface area contributed by atoms with Gasteiger partial charge < -0.3 is 10.2 Å². The third-order valence-electron chi connectivity index (χ3n) is 9.99. The number of H-pyrrole nitrogens is 1. The fraction of sp³-hybridized carbons (Fsp3) is 0.316. The summed E-state index contributed by atoms with van der Waals surface area (Å²) < 4.78 is -0.634. The molecule has 0 spiro atoms. The second kappa shape index (κ2) is 13.2. The number of aromatic nitrogens is 5. The Hall–Kier alpha value is -4.87. The molecule has 3 aromatic heterocycles. The molecule has 10 nitrogen and oxygen atoms in total. The molecule has 1 saturated heterocycles. The van der Waals surface area contributed by atoms with Crippen molar-refractivity contribution in [2.75, 3.05) is 44.3 Å². The smallest absolute Gasteiger partial charge is 0.241 e. The highest BCUT2D eigenvalue weighted by molar-refractivity contribution is 8.00. The Bertz CT molecular complexity index is 2040. The lowest BCUT2D eigenvalue weighted by molar-refractivity contribution is -0.132. The summed E-state index contributed by atoms with van der Waals surface area (Å²) in [6.07, 6.45) is 13.4. The fourth-order valence-electron chi connectivity index (χ4n) is 6.92. The largest absolute Gasteiger partial charge is 0.338 e. The lowest BCUT2D eigenvalue weighted by atomic mass is 9.98. The van der Waals surface area contributed by atoms with Gasteiger partial charge in [-0.2, -0.15) is 5.10 Å². The molecule has 2 amide bonds. The van der Waals surface area contributed by atoms with Gasteiger partial charge in [-0.15, -0.1) is 11.8 Å². The number of nitrogens with one attached hydrogen (secondary N) is 2. The van der Waals surface area contributed by atoms with Crippen molar-refractivity contribution in [3.8, 4) is 22.6 Å². The van der Waals surface area contributed by atoms with Gasteiger partial charge in [0.25, 0.3) is 0 Å². The van der Waals surface area contributed by atoms with Crippen molar-refractivity contribution < 1.29 is 9.59 Å². The molecule has 5 aromatic rings. The fourth-order valence-corrected chi connectivity index (χ4v) is 7.77. The predicted octanol–water partition coefficient (Wildman–Crippen LogP) is 6.02. The van der Waals surface area contributed by atoms with Crippen molar-refractivity contribution in [3.63, 3.8) is 0 Å². The van der Waals surface area contributed by atoms with Gasteiger partial charge in [-0.05, 0) is 79.5 Å². The molecule has 2 aromatic carbocycles. The second-order valence-electron chi connectivity index (χ2n) is 13.2. The number of hydrogen-bond acceptors (Lipinski definition) is 8. The maximum atomic E-state index is 13.8. The lowest BCUT2D eigenvalue weighted by Gasteiger charge is -2.29. The number of carbonyl (C=O) groups is 2. The number of benzene rings is 2. The Kier molecular flexibility index (Phi) is 8.46. The molecule has 1 saturated carbocycles. The van der Waals surface area contributed by atoms with Gasteiger partial charge in [0, 0.05) is 78.6 Å². The maximum Gasteiger partial charge on any atom is 0.241 e. The van der Waals surface area contributed by atoms with E-state index >= 15 is 0 Å². The summed E-state index contributed by atoms with van der Waals surface area (Å²) >= 11 is 1.57. The van der Waals surface area contributed by atoms with Crippen LogP contribution >= 0.6 is 11.8 Å². The first kappa shape index (κ1) is 31.4. The topological polar surface area (TPSA) is 120 Å². The van der Waals surface area contributed by atoms with Crippen LogP contribution in [0.2, 0.25) is 0 Å². The van der Waals surface area contributed by atoms with E-state index in [0.29, 0.717) is 50.9 Å². The molecule has 2 N–H and O–H groups in total. The van der Waals surface area contributed by atoms with Crippen LogP contribution in [0.15, 0.2) is 85.3 Å². The van der Waals surface area contributed by atoms with Crippen LogP contribution in [-0.2, 0) is 9.59 Å². The number of fused-ring (bicyclic) bond motifs is 1. The van der Waals surface area contributed by atoms with E-state index in [0.717, 1.165) is 51.1 Å². The predicted molar refractivity (Wildman–Crippen MR) is 194 cm³/mol. The van der Waals surface area contributed by atoms with Crippen molar-refractivity contribution in [2.24, 2.45) is 0 Å². The number of rotatable bonds is 9. The number of anilines is 1. The summed E-state index contributed by atoms with van der Waals surface area (Å²) in [5.74, 6) is 1.33. The Morgan fingerprint density at radius 3 is 2.53 bits per heavy atom. The second-order valence-corrected chi connectivity index (χ2v) is 14.3. The van der Waals surface area contributed by atoms with Gasteiger partial charge in [-0.1, -0.05) is 30.3 Å². The van der Waals surface area contributed by atoms with E-state index < -0.39 is 4.75 Å². The average molecular weight is 671 g/mol. The first-order valence-corrected chi connectivity index (χ1v) is 18.1. The summed E-state index contributed by atoms with van der Waals surface area (Å²) in [4.78, 5) is 44.5. The summed E-state index contributed by atoms with van der Waals surface area (Å²) in [5, 5.41) is 11.9. The zero-order valence-corrected chi connectivity index (χ0v) is 28.2. The monoisotopic (exact) mass is 670 g/mol. The Morgan fingerprint density at radius 1 is 0.959 bits per heavy atom. The van der Waals surface area contributed by atoms with E-state index in [2.05, 4.69) is 59.6 Å². The maximum absolute atomic E-state index is 13.8. The normalized spacial score (nSPS) is 19.6.